The number of nitrogens with one attached hydrogen (secondary N) is 3. The van der Waals surface area contributed by atoms with Gasteiger partial charge in [0.05, 0.1) is 22.3 Å². The van der Waals surface area contributed by atoms with Gasteiger partial charge in [-0.25, -0.2) is 9.37 Å². The van der Waals surface area contributed by atoms with Gasteiger partial charge in [-0.2, -0.15) is 5.10 Å². The van der Waals surface area contributed by atoms with E-state index >= 15 is 0 Å². The van der Waals surface area contributed by atoms with E-state index in [0.717, 1.165) is 25.9 Å². The zero-order chi connectivity index (χ0) is 19.0. The maximum Gasteiger partial charge on any atom is 0.252 e. The van der Waals surface area contributed by atoms with E-state index in [2.05, 4.69) is 25.8 Å². The highest BCUT2D eigenvalue weighted by Gasteiger charge is 2.21. The van der Waals surface area contributed by atoms with Gasteiger partial charge in [-0.05, 0) is 50.6 Å². The first kappa shape index (κ1) is 17.4. The number of halogens is 1. The molecule has 0 aliphatic carbocycles. The van der Waals surface area contributed by atoms with Gasteiger partial charge in [0.15, 0.2) is 17.2 Å². The van der Waals surface area contributed by atoms with Crippen LogP contribution in [0.25, 0.3) is 22.3 Å². The average Bonchev–Trinajstić information content (AvgIpc) is 3.05. The van der Waals surface area contributed by atoms with Crippen LogP contribution in [0.2, 0.25) is 0 Å². The van der Waals surface area contributed by atoms with Crippen molar-refractivity contribution in [3.05, 3.63) is 41.3 Å². The van der Waals surface area contributed by atoms with E-state index in [1.54, 1.807) is 19.1 Å². The minimum absolute atomic E-state index is 0.0660. The van der Waals surface area contributed by atoms with E-state index in [1.807, 2.05) is 0 Å². The number of aryl methyl sites for hydroxylation is 1. The quantitative estimate of drug-likeness (QED) is 0.567. The summed E-state index contributed by atoms with van der Waals surface area (Å²) in [5.74, 6) is -1.38. The number of amides is 1. The van der Waals surface area contributed by atoms with Crippen LogP contribution >= 0.6 is 0 Å². The molecule has 0 radical (unpaired) electrons. The Labute approximate surface area is 155 Å². The second-order valence-electron chi connectivity index (χ2n) is 6.77. The Kier molecular flexibility index (Phi) is 4.49. The van der Waals surface area contributed by atoms with E-state index in [1.165, 1.54) is 12.1 Å². The third-order valence-corrected chi connectivity index (χ3v) is 4.83. The SMILES string of the molecule is Cc1n[nH]c2nc(-c3ccc(O)c(F)c3)cc(C(=O)N[C@@H]3CCCNC3)c12. The molecule has 8 heteroatoms. The Balaban J connectivity index is 1.76. The number of H-pyrrole nitrogens is 1. The summed E-state index contributed by atoms with van der Waals surface area (Å²) in [5.41, 5.74) is 2.48. The lowest BCUT2D eigenvalue weighted by atomic mass is 10.0. The number of hydrogen-bond acceptors (Lipinski definition) is 5. The van der Waals surface area contributed by atoms with Crippen molar-refractivity contribution in [3.8, 4) is 17.0 Å². The number of nitrogens with zero attached hydrogens (tertiary/aromatic N) is 2. The lowest BCUT2D eigenvalue weighted by Crippen LogP contribution is -2.45. The molecule has 1 aliphatic heterocycles. The first-order chi connectivity index (χ1) is 13.0. The molecule has 0 unspecified atom stereocenters. The summed E-state index contributed by atoms with van der Waals surface area (Å²) >= 11 is 0. The topological polar surface area (TPSA) is 103 Å². The fraction of sp³-hybridized carbons (Fsp3) is 0.316. The molecular formula is C19H20FN5O2. The molecule has 0 saturated carbocycles. The van der Waals surface area contributed by atoms with Crippen LogP contribution in [0.15, 0.2) is 24.3 Å². The first-order valence-corrected chi connectivity index (χ1v) is 8.89. The van der Waals surface area contributed by atoms with Crippen molar-refractivity contribution in [2.45, 2.75) is 25.8 Å². The van der Waals surface area contributed by atoms with Gasteiger partial charge in [0.1, 0.15) is 0 Å². The average molecular weight is 369 g/mol. The zero-order valence-corrected chi connectivity index (χ0v) is 14.8. The predicted octanol–water partition coefficient (Wildman–Crippen LogP) is 2.26. The van der Waals surface area contributed by atoms with Gasteiger partial charge in [0.25, 0.3) is 5.91 Å². The largest absolute Gasteiger partial charge is 0.505 e. The molecule has 4 N–H and O–H groups in total. The van der Waals surface area contributed by atoms with Crippen LogP contribution in [0.5, 0.6) is 5.75 Å². The summed E-state index contributed by atoms with van der Waals surface area (Å²) in [6.07, 6.45) is 1.94. The van der Waals surface area contributed by atoms with Crippen LogP contribution in [-0.4, -0.2) is 45.3 Å². The maximum absolute atomic E-state index is 13.8. The molecule has 1 aromatic carbocycles. The summed E-state index contributed by atoms with van der Waals surface area (Å²) < 4.78 is 13.8. The summed E-state index contributed by atoms with van der Waals surface area (Å²) in [6, 6.07) is 5.73. The van der Waals surface area contributed by atoms with Gasteiger partial charge in [-0.3, -0.25) is 9.89 Å². The Morgan fingerprint density at radius 1 is 1.37 bits per heavy atom. The number of fused-ring (bicyclic) bond motifs is 1. The van der Waals surface area contributed by atoms with Crippen molar-refractivity contribution < 1.29 is 14.3 Å². The minimum atomic E-state index is -0.741. The summed E-state index contributed by atoms with van der Waals surface area (Å²) in [7, 11) is 0. The molecule has 2 aromatic heterocycles. The minimum Gasteiger partial charge on any atom is -0.505 e. The van der Waals surface area contributed by atoms with Crippen molar-refractivity contribution >= 4 is 16.9 Å². The van der Waals surface area contributed by atoms with Gasteiger partial charge in [-0.15, -0.1) is 0 Å². The van der Waals surface area contributed by atoms with E-state index in [0.29, 0.717) is 33.5 Å². The van der Waals surface area contributed by atoms with Crippen molar-refractivity contribution in [3.63, 3.8) is 0 Å². The smallest absolute Gasteiger partial charge is 0.252 e. The number of aromatic hydroxyl groups is 1. The second kappa shape index (κ2) is 6.96. The number of pyridine rings is 1. The number of carbonyl (C=O) groups is 1. The third-order valence-electron chi connectivity index (χ3n) is 4.83. The Hall–Kier alpha value is -3.00. The van der Waals surface area contributed by atoms with Gasteiger partial charge in [0, 0.05) is 18.2 Å². The van der Waals surface area contributed by atoms with Gasteiger partial charge in [-0.1, -0.05) is 0 Å². The third kappa shape index (κ3) is 3.35. The number of carbonyl (C=O) groups excluding carboxylic acids is 1. The second-order valence-corrected chi connectivity index (χ2v) is 6.77. The van der Waals surface area contributed by atoms with Crippen LogP contribution in [-0.2, 0) is 0 Å². The van der Waals surface area contributed by atoms with Crippen LogP contribution in [0.3, 0.4) is 0 Å². The number of phenols is 1. The van der Waals surface area contributed by atoms with E-state index in [4.69, 9.17) is 0 Å². The summed E-state index contributed by atoms with van der Waals surface area (Å²) in [6.45, 7) is 3.50. The highest BCUT2D eigenvalue weighted by molar-refractivity contribution is 6.07. The van der Waals surface area contributed by atoms with Gasteiger partial charge < -0.3 is 15.7 Å². The van der Waals surface area contributed by atoms with E-state index in [-0.39, 0.29) is 11.9 Å². The summed E-state index contributed by atoms with van der Waals surface area (Å²) in [5, 5.41) is 23.4. The molecule has 27 heavy (non-hydrogen) atoms. The number of rotatable bonds is 3. The standard InChI is InChI=1S/C19H20FN5O2/c1-10-17-13(19(27)22-12-3-2-6-21-9-12)8-15(23-18(17)25-24-10)11-4-5-16(26)14(20)7-11/h4-5,7-8,12,21,26H,2-3,6,9H2,1H3,(H,22,27)(H,23,24,25)/t12-/m1/s1. The van der Waals surface area contributed by atoms with Crippen molar-refractivity contribution in [1.29, 1.82) is 0 Å². The Morgan fingerprint density at radius 2 is 2.22 bits per heavy atom. The number of phenolic OH excluding ortho intramolecular Hbond substituents is 1. The molecule has 3 aromatic rings. The van der Waals surface area contributed by atoms with Gasteiger partial charge >= 0.3 is 0 Å². The maximum atomic E-state index is 13.8. The molecule has 7 nitrogen and oxygen atoms in total. The van der Waals surface area contributed by atoms with E-state index < -0.39 is 11.6 Å². The first-order valence-electron chi connectivity index (χ1n) is 8.89. The molecule has 1 saturated heterocycles. The highest BCUT2D eigenvalue weighted by atomic mass is 19.1. The van der Waals surface area contributed by atoms with Crippen LogP contribution < -0.4 is 10.6 Å². The molecule has 140 valence electrons. The monoisotopic (exact) mass is 369 g/mol. The number of aromatic nitrogens is 3. The van der Waals surface area contributed by atoms with Crippen LogP contribution in [0.4, 0.5) is 4.39 Å². The molecule has 1 amide bonds. The number of aromatic amines is 1. The predicted molar refractivity (Wildman–Crippen MR) is 99.0 cm³/mol. The Morgan fingerprint density at radius 3 is 2.96 bits per heavy atom. The summed E-state index contributed by atoms with van der Waals surface area (Å²) in [4.78, 5) is 17.4. The zero-order valence-electron chi connectivity index (χ0n) is 14.8. The van der Waals surface area contributed by atoms with Crippen molar-refractivity contribution in [2.75, 3.05) is 13.1 Å². The van der Waals surface area contributed by atoms with Crippen molar-refractivity contribution in [2.24, 2.45) is 0 Å². The fourth-order valence-electron chi connectivity index (χ4n) is 3.42. The molecule has 0 spiro atoms. The van der Waals surface area contributed by atoms with Crippen molar-refractivity contribution in [1.82, 2.24) is 25.8 Å². The number of hydrogen-bond donors (Lipinski definition) is 4. The number of piperidine rings is 1. The normalized spacial score (nSPS) is 17.2. The molecule has 4 rings (SSSR count). The highest BCUT2D eigenvalue weighted by Crippen LogP contribution is 2.28. The number of benzene rings is 1. The Bertz CT molecular complexity index is 1010. The van der Waals surface area contributed by atoms with E-state index in [9.17, 15) is 14.3 Å². The van der Waals surface area contributed by atoms with Crippen LogP contribution in [0, 0.1) is 12.7 Å². The molecule has 1 atom stereocenters. The molecule has 1 fully saturated rings. The molecule has 1 aliphatic rings. The molecule has 3 heterocycles. The van der Waals surface area contributed by atoms with Crippen LogP contribution in [0.1, 0.15) is 28.9 Å². The lowest BCUT2D eigenvalue weighted by Gasteiger charge is -2.24. The fourth-order valence-corrected chi connectivity index (χ4v) is 3.42. The van der Waals surface area contributed by atoms with Gasteiger partial charge in [0.2, 0.25) is 0 Å². The lowest BCUT2D eigenvalue weighted by molar-refractivity contribution is 0.0932. The molecule has 0 bridgehead atoms. The molecular weight excluding hydrogens is 349 g/mol.